The average molecular weight is 516 g/mol. The number of thioether (sulfide) groups is 1. The molecule has 1 amide bonds. The quantitative estimate of drug-likeness (QED) is 0.235. The van der Waals surface area contributed by atoms with Gasteiger partial charge in [-0.05, 0) is 29.1 Å². The maximum Gasteiger partial charge on any atom is 0.227 e. The molecule has 6 rings (SSSR count). The lowest BCUT2D eigenvalue weighted by Crippen LogP contribution is -2.12. The number of anilines is 1. The van der Waals surface area contributed by atoms with E-state index in [4.69, 9.17) is 4.42 Å². The molecule has 38 heavy (non-hydrogen) atoms. The molecule has 0 saturated carbocycles. The van der Waals surface area contributed by atoms with Crippen LogP contribution in [-0.4, -0.2) is 26.3 Å². The first-order chi connectivity index (χ1) is 18.7. The molecular formula is C30H21N5O2S. The minimum absolute atomic E-state index is 0.152. The Balaban J connectivity index is 1.24. The fourth-order valence-electron chi connectivity index (χ4n) is 4.43. The van der Waals surface area contributed by atoms with Crippen molar-refractivity contribution < 1.29 is 9.21 Å². The smallest absolute Gasteiger partial charge is 0.227 e. The Labute approximate surface area is 222 Å². The van der Waals surface area contributed by atoms with Crippen LogP contribution < -0.4 is 5.32 Å². The van der Waals surface area contributed by atoms with Gasteiger partial charge in [0.25, 0.3) is 0 Å². The first kappa shape index (κ1) is 23.5. The van der Waals surface area contributed by atoms with Crippen molar-refractivity contribution in [3.05, 3.63) is 103 Å². The molecule has 184 valence electrons. The van der Waals surface area contributed by atoms with Gasteiger partial charge in [0, 0.05) is 23.3 Å². The number of carbonyl (C=O) groups excluding carboxylic acids is 1. The molecule has 3 aromatic heterocycles. The number of hydrogen-bond acceptors (Lipinski definition) is 6. The molecule has 3 aromatic carbocycles. The van der Waals surface area contributed by atoms with Gasteiger partial charge in [0.1, 0.15) is 17.4 Å². The van der Waals surface area contributed by atoms with Crippen LogP contribution >= 0.6 is 11.8 Å². The highest BCUT2D eigenvalue weighted by molar-refractivity contribution is 7.99. The summed E-state index contributed by atoms with van der Waals surface area (Å²) in [5, 5.41) is 23.3. The van der Waals surface area contributed by atoms with E-state index in [0.29, 0.717) is 22.6 Å². The fourth-order valence-corrected chi connectivity index (χ4v) is 5.32. The van der Waals surface area contributed by atoms with Gasteiger partial charge in [-0.25, -0.2) is 0 Å². The van der Waals surface area contributed by atoms with E-state index in [-0.39, 0.29) is 18.2 Å². The number of nitrogens with one attached hydrogen (secondary N) is 1. The molecular weight excluding hydrogens is 494 g/mol. The molecule has 6 aromatic rings. The molecule has 8 heteroatoms. The highest BCUT2D eigenvalue weighted by Crippen LogP contribution is 2.41. The number of amides is 1. The third kappa shape index (κ3) is 4.40. The molecule has 0 saturated heterocycles. The zero-order valence-electron chi connectivity index (χ0n) is 20.2. The summed E-state index contributed by atoms with van der Waals surface area (Å²) in [6.45, 7) is 0. The van der Waals surface area contributed by atoms with Crippen LogP contribution in [-0.2, 0) is 4.79 Å². The summed E-state index contributed by atoms with van der Waals surface area (Å²) in [5.74, 6) is 0.926. The van der Waals surface area contributed by atoms with E-state index in [9.17, 15) is 10.1 Å². The Morgan fingerprint density at radius 2 is 1.61 bits per heavy atom. The van der Waals surface area contributed by atoms with E-state index in [1.54, 1.807) is 0 Å². The van der Waals surface area contributed by atoms with Crippen molar-refractivity contribution in [1.82, 2.24) is 14.6 Å². The molecule has 0 aliphatic heterocycles. The molecule has 0 radical (unpaired) electrons. The monoisotopic (exact) mass is 515 g/mol. The number of pyridine rings is 1. The minimum atomic E-state index is -0.249. The molecule has 0 unspecified atom stereocenters. The van der Waals surface area contributed by atoms with Crippen LogP contribution in [0.2, 0.25) is 0 Å². The Hall–Kier alpha value is -4.87. The maximum absolute atomic E-state index is 12.9. The molecule has 0 aliphatic carbocycles. The number of nitriles is 1. The number of benzene rings is 3. The molecule has 0 spiro atoms. The van der Waals surface area contributed by atoms with E-state index >= 15 is 0 Å². The second-order valence-corrected chi connectivity index (χ2v) is 9.63. The van der Waals surface area contributed by atoms with Crippen molar-refractivity contribution in [3.63, 3.8) is 0 Å². The second kappa shape index (κ2) is 10.2. The van der Waals surface area contributed by atoms with Crippen molar-refractivity contribution in [2.24, 2.45) is 0 Å². The lowest BCUT2D eigenvalue weighted by molar-refractivity contribution is -0.115. The van der Waals surface area contributed by atoms with E-state index in [1.807, 2.05) is 101 Å². The van der Waals surface area contributed by atoms with E-state index in [1.165, 1.54) is 11.8 Å². The highest BCUT2D eigenvalue weighted by atomic mass is 32.2. The van der Waals surface area contributed by atoms with Crippen LogP contribution in [0.1, 0.15) is 12.0 Å². The Morgan fingerprint density at radius 3 is 2.37 bits per heavy atom. The summed E-state index contributed by atoms with van der Waals surface area (Å²) in [6.07, 6.45) is 0.206. The van der Waals surface area contributed by atoms with Crippen molar-refractivity contribution in [3.8, 4) is 28.5 Å². The summed E-state index contributed by atoms with van der Waals surface area (Å²) in [5.41, 5.74) is 4.39. The summed E-state index contributed by atoms with van der Waals surface area (Å²) < 4.78 is 8.11. The van der Waals surface area contributed by atoms with Crippen molar-refractivity contribution in [2.75, 3.05) is 11.1 Å². The van der Waals surface area contributed by atoms with Crippen LogP contribution in [0.15, 0.2) is 107 Å². The van der Waals surface area contributed by atoms with E-state index in [2.05, 4.69) is 21.6 Å². The molecule has 0 fully saturated rings. The fraction of sp³-hybridized carbons (Fsp3) is 0.0667. The normalized spacial score (nSPS) is 11.0. The first-order valence-corrected chi connectivity index (χ1v) is 13.0. The van der Waals surface area contributed by atoms with Crippen LogP contribution in [0.4, 0.5) is 5.88 Å². The van der Waals surface area contributed by atoms with E-state index < -0.39 is 0 Å². The third-order valence-corrected chi connectivity index (χ3v) is 7.11. The van der Waals surface area contributed by atoms with Gasteiger partial charge in [-0.3, -0.25) is 14.5 Å². The summed E-state index contributed by atoms with van der Waals surface area (Å²) >= 11 is 1.46. The Kier molecular flexibility index (Phi) is 6.34. The van der Waals surface area contributed by atoms with Gasteiger partial charge in [0.2, 0.25) is 11.8 Å². The van der Waals surface area contributed by atoms with Gasteiger partial charge in [-0.1, -0.05) is 90.6 Å². The summed E-state index contributed by atoms with van der Waals surface area (Å²) in [7, 11) is 0. The summed E-state index contributed by atoms with van der Waals surface area (Å²) in [6, 6.07) is 33.4. The summed E-state index contributed by atoms with van der Waals surface area (Å²) in [4.78, 5) is 12.9. The van der Waals surface area contributed by atoms with Crippen LogP contribution in [0.3, 0.4) is 0 Å². The molecule has 3 heterocycles. The molecule has 7 nitrogen and oxygen atoms in total. The lowest BCUT2D eigenvalue weighted by atomic mass is 9.98. The Bertz CT molecular complexity index is 1800. The van der Waals surface area contributed by atoms with Gasteiger partial charge in [0.05, 0.1) is 5.52 Å². The largest absolute Gasteiger partial charge is 0.438 e. The zero-order valence-corrected chi connectivity index (χ0v) is 21.0. The average Bonchev–Trinajstić information content (AvgIpc) is 3.55. The van der Waals surface area contributed by atoms with Crippen LogP contribution in [0.25, 0.3) is 39.0 Å². The highest BCUT2D eigenvalue weighted by Gasteiger charge is 2.24. The number of rotatable bonds is 7. The standard InChI is InChI=1S/C30H21N5O2S/c31-19-23-27(21-10-3-1-4-11-21)28(22-12-5-2-6-13-22)37-29(23)32-26(36)17-18-38-30-34-33-25-16-15-20-9-7-8-14-24(20)35(25)30/h1-16H,17-18H2,(H,32,36). The molecule has 0 atom stereocenters. The number of aromatic nitrogens is 3. The lowest BCUT2D eigenvalue weighted by Gasteiger charge is -2.05. The van der Waals surface area contributed by atoms with Crippen molar-refractivity contribution in [1.29, 1.82) is 5.26 Å². The topological polar surface area (TPSA) is 96.2 Å². The van der Waals surface area contributed by atoms with Gasteiger partial charge in [-0.2, -0.15) is 5.26 Å². The molecule has 1 N–H and O–H groups in total. The number of nitrogens with zero attached hydrogens (tertiary/aromatic N) is 4. The van der Waals surface area contributed by atoms with Crippen molar-refractivity contribution in [2.45, 2.75) is 11.6 Å². The van der Waals surface area contributed by atoms with Crippen LogP contribution in [0.5, 0.6) is 0 Å². The van der Waals surface area contributed by atoms with Crippen LogP contribution in [0, 0.1) is 11.3 Å². The predicted molar refractivity (Wildman–Crippen MR) is 149 cm³/mol. The third-order valence-electron chi connectivity index (χ3n) is 6.18. The Morgan fingerprint density at radius 1 is 0.895 bits per heavy atom. The first-order valence-electron chi connectivity index (χ1n) is 12.1. The van der Waals surface area contributed by atoms with Gasteiger partial charge >= 0.3 is 0 Å². The van der Waals surface area contributed by atoms with Gasteiger partial charge in [-0.15, -0.1) is 10.2 Å². The maximum atomic E-state index is 12.9. The number of carbonyl (C=O) groups is 1. The van der Waals surface area contributed by atoms with Gasteiger partial charge < -0.3 is 4.42 Å². The molecule has 0 bridgehead atoms. The number of para-hydroxylation sites is 1. The number of fused-ring (bicyclic) bond motifs is 3. The van der Waals surface area contributed by atoms with Crippen molar-refractivity contribution >= 4 is 40.1 Å². The zero-order chi connectivity index (χ0) is 25.9. The van der Waals surface area contributed by atoms with E-state index in [0.717, 1.165) is 32.8 Å². The number of furan rings is 1. The SMILES string of the molecule is N#Cc1c(NC(=O)CCSc2nnc3ccc4ccccc4n23)oc(-c2ccccc2)c1-c1ccccc1. The molecule has 0 aliphatic rings. The minimum Gasteiger partial charge on any atom is -0.438 e. The van der Waals surface area contributed by atoms with Gasteiger partial charge in [0.15, 0.2) is 10.8 Å². The second-order valence-electron chi connectivity index (χ2n) is 8.57. The predicted octanol–water partition coefficient (Wildman–Crippen LogP) is 6.80. The number of hydrogen-bond donors (Lipinski definition) is 1.